The Morgan fingerprint density at radius 3 is 2.65 bits per heavy atom. The van der Waals surface area contributed by atoms with E-state index in [4.69, 9.17) is 11.0 Å². The lowest BCUT2D eigenvalue weighted by molar-refractivity contribution is 0.322. The normalized spacial score (nSPS) is 18.8. The Hall–Kier alpha value is -1.60. The van der Waals surface area contributed by atoms with E-state index in [1.54, 1.807) is 6.20 Å². The second-order valence-corrected chi connectivity index (χ2v) is 4.72. The van der Waals surface area contributed by atoms with Gasteiger partial charge in [-0.1, -0.05) is 6.92 Å². The molecule has 0 radical (unpaired) electrons. The smallest absolute Gasteiger partial charge is 0.128 e. The summed E-state index contributed by atoms with van der Waals surface area (Å²) in [6, 6.07) is 5.80. The lowest BCUT2D eigenvalue weighted by Gasteiger charge is -2.39. The fourth-order valence-electron chi connectivity index (χ4n) is 2.17. The first-order valence-corrected chi connectivity index (χ1v) is 6.07. The molecule has 2 heterocycles. The van der Waals surface area contributed by atoms with Gasteiger partial charge in [0.1, 0.15) is 11.9 Å². The molecule has 1 aromatic heterocycles. The van der Waals surface area contributed by atoms with Crippen molar-refractivity contribution in [2.24, 2.45) is 5.73 Å². The second kappa shape index (κ2) is 4.72. The SMILES string of the molecule is CCC1(N)CCN(c2ccc(C#N)cn2)CC1. The minimum Gasteiger partial charge on any atom is -0.356 e. The van der Waals surface area contributed by atoms with Gasteiger partial charge in [-0.3, -0.25) is 0 Å². The predicted octanol–water partition coefficient (Wildman–Crippen LogP) is 1.66. The van der Waals surface area contributed by atoms with Crippen LogP contribution in [-0.2, 0) is 0 Å². The van der Waals surface area contributed by atoms with Gasteiger partial charge < -0.3 is 10.6 Å². The monoisotopic (exact) mass is 230 g/mol. The third-order valence-electron chi connectivity index (χ3n) is 3.66. The first kappa shape index (κ1) is 11.9. The minimum absolute atomic E-state index is 0.00307. The molecule has 90 valence electrons. The van der Waals surface area contributed by atoms with E-state index in [-0.39, 0.29) is 5.54 Å². The van der Waals surface area contributed by atoms with Gasteiger partial charge in [-0.05, 0) is 31.4 Å². The van der Waals surface area contributed by atoms with Crippen LogP contribution in [0.4, 0.5) is 5.82 Å². The molecule has 1 fully saturated rings. The highest BCUT2D eigenvalue weighted by atomic mass is 15.2. The molecule has 0 bridgehead atoms. The summed E-state index contributed by atoms with van der Waals surface area (Å²) < 4.78 is 0. The molecule has 4 nitrogen and oxygen atoms in total. The van der Waals surface area contributed by atoms with Gasteiger partial charge in [-0.15, -0.1) is 0 Å². The maximum Gasteiger partial charge on any atom is 0.128 e. The van der Waals surface area contributed by atoms with Gasteiger partial charge >= 0.3 is 0 Å². The predicted molar refractivity (Wildman–Crippen MR) is 67.6 cm³/mol. The molecular formula is C13H18N4. The molecule has 1 aliphatic heterocycles. The van der Waals surface area contributed by atoms with E-state index in [1.165, 1.54) is 0 Å². The third-order valence-corrected chi connectivity index (χ3v) is 3.66. The average Bonchev–Trinajstić information content (AvgIpc) is 2.40. The van der Waals surface area contributed by atoms with E-state index < -0.39 is 0 Å². The quantitative estimate of drug-likeness (QED) is 0.839. The number of aromatic nitrogens is 1. The van der Waals surface area contributed by atoms with Crippen LogP contribution < -0.4 is 10.6 Å². The van der Waals surface area contributed by atoms with Crippen LogP contribution in [0.25, 0.3) is 0 Å². The number of nitrogens with two attached hydrogens (primary N) is 1. The van der Waals surface area contributed by atoms with Crippen LogP contribution in [0, 0.1) is 11.3 Å². The van der Waals surface area contributed by atoms with Gasteiger partial charge in [0.25, 0.3) is 0 Å². The number of rotatable bonds is 2. The Labute approximate surface area is 102 Å². The van der Waals surface area contributed by atoms with Crippen LogP contribution in [0.5, 0.6) is 0 Å². The summed E-state index contributed by atoms with van der Waals surface area (Å²) >= 11 is 0. The zero-order valence-electron chi connectivity index (χ0n) is 10.2. The van der Waals surface area contributed by atoms with E-state index in [9.17, 15) is 0 Å². The minimum atomic E-state index is 0.00307. The van der Waals surface area contributed by atoms with E-state index in [1.807, 2.05) is 12.1 Å². The lowest BCUT2D eigenvalue weighted by atomic mass is 9.86. The number of anilines is 1. The number of hydrogen-bond acceptors (Lipinski definition) is 4. The largest absolute Gasteiger partial charge is 0.356 e. The van der Waals surface area contributed by atoms with Gasteiger partial charge in [0.2, 0.25) is 0 Å². The standard InChI is InChI=1S/C13H18N4/c1-2-13(15)5-7-17(8-6-13)12-4-3-11(9-14)10-16-12/h3-4,10H,2,5-8,15H2,1H3. The molecule has 17 heavy (non-hydrogen) atoms. The highest BCUT2D eigenvalue weighted by Gasteiger charge is 2.29. The molecule has 1 saturated heterocycles. The lowest BCUT2D eigenvalue weighted by Crippen LogP contribution is -2.50. The molecular weight excluding hydrogens is 212 g/mol. The third kappa shape index (κ3) is 2.56. The topological polar surface area (TPSA) is 65.9 Å². The Morgan fingerprint density at radius 1 is 1.47 bits per heavy atom. The van der Waals surface area contributed by atoms with Crippen molar-refractivity contribution in [2.75, 3.05) is 18.0 Å². The number of nitrogens with zero attached hydrogens (tertiary/aromatic N) is 3. The Kier molecular flexibility index (Phi) is 3.30. The van der Waals surface area contributed by atoms with Crippen LogP contribution in [0.1, 0.15) is 31.7 Å². The van der Waals surface area contributed by atoms with Crippen molar-refractivity contribution < 1.29 is 0 Å². The number of nitriles is 1. The highest BCUT2D eigenvalue weighted by molar-refractivity contribution is 5.42. The summed E-state index contributed by atoms with van der Waals surface area (Å²) in [7, 11) is 0. The van der Waals surface area contributed by atoms with Crippen molar-refractivity contribution in [1.82, 2.24) is 4.98 Å². The summed E-state index contributed by atoms with van der Waals surface area (Å²) in [5.74, 6) is 0.946. The van der Waals surface area contributed by atoms with Crippen molar-refractivity contribution >= 4 is 5.82 Å². The van der Waals surface area contributed by atoms with E-state index in [0.717, 1.165) is 38.2 Å². The molecule has 0 amide bonds. The van der Waals surface area contributed by atoms with E-state index in [0.29, 0.717) is 5.56 Å². The average molecular weight is 230 g/mol. The molecule has 0 unspecified atom stereocenters. The number of pyridine rings is 1. The van der Waals surface area contributed by atoms with Crippen LogP contribution in [-0.4, -0.2) is 23.6 Å². The van der Waals surface area contributed by atoms with E-state index in [2.05, 4.69) is 22.9 Å². The van der Waals surface area contributed by atoms with Crippen molar-refractivity contribution in [2.45, 2.75) is 31.7 Å². The second-order valence-electron chi connectivity index (χ2n) is 4.72. The summed E-state index contributed by atoms with van der Waals surface area (Å²) in [4.78, 5) is 6.55. The molecule has 4 heteroatoms. The van der Waals surface area contributed by atoms with Gasteiger partial charge in [0.15, 0.2) is 0 Å². The summed E-state index contributed by atoms with van der Waals surface area (Å²) in [6.07, 6.45) is 4.66. The van der Waals surface area contributed by atoms with Crippen LogP contribution in [0.2, 0.25) is 0 Å². The molecule has 0 spiro atoms. The molecule has 0 atom stereocenters. The molecule has 0 aromatic carbocycles. The van der Waals surface area contributed by atoms with Crippen molar-refractivity contribution in [1.29, 1.82) is 5.26 Å². The molecule has 2 N–H and O–H groups in total. The summed E-state index contributed by atoms with van der Waals surface area (Å²) in [5, 5.41) is 8.72. The Bertz CT molecular complexity index is 410. The first-order valence-electron chi connectivity index (χ1n) is 6.07. The zero-order valence-corrected chi connectivity index (χ0v) is 10.2. The van der Waals surface area contributed by atoms with Crippen molar-refractivity contribution in [3.05, 3.63) is 23.9 Å². The van der Waals surface area contributed by atoms with Crippen molar-refractivity contribution in [3.8, 4) is 6.07 Å². The molecule has 0 aliphatic carbocycles. The van der Waals surface area contributed by atoms with Crippen molar-refractivity contribution in [3.63, 3.8) is 0 Å². The zero-order chi connectivity index (χ0) is 12.3. The fourth-order valence-corrected chi connectivity index (χ4v) is 2.17. The highest BCUT2D eigenvalue weighted by Crippen LogP contribution is 2.25. The van der Waals surface area contributed by atoms with Crippen LogP contribution in [0.3, 0.4) is 0 Å². The maximum atomic E-state index is 8.72. The molecule has 1 aliphatic rings. The van der Waals surface area contributed by atoms with E-state index >= 15 is 0 Å². The van der Waals surface area contributed by atoms with Gasteiger partial charge in [-0.2, -0.15) is 5.26 Å². The number of hydrogen-bond donors (Lipinski definition) is 1. The number of piperidine rings is 1. The Morgan fingerprint density at radius 2 is 2.18 bits per heavy atom. The summed E-state index contributed by atoms with van der Waals surface area (Å²) in [6.45, 7) is 4.04. The van der Waals surface area contributed by atoms with Gasteiger partial charge in [0.05, 0.1) is 5.56 Å². The molecule has 2 rings (SSSR count). The maximum absolute atomic E-state index is 8.72. The first-order chi connectivity index (χ1) is 8.17. The molecule has 1 aromatic rings. The van der Waals surface area contributed by atoms with Crippen LogP contribution in [0.15, 0.2) is 18.3 Å². The van der Waals surface area contributed by atoms with Gasteiger partial charge in [0, 0.05) is 24.8 Å². The Balaban J connectivity index is 2.03. The van der Waals surface area contributed by atoms with Gasteiger partial charge in [-0.25, -0.2) is 4.98 Å². The summed E-state index contributed by atoms with van der Waals surface area (Å²) in [5.41, 5.74) is 6.86. The fraction of sp³-hybridized carbons (Fsp3) is 0.538. The van der Waals surface area contributed by atoms with Crippen LogP contribution >= 0.6 is 0 Å². The molecule has 0 saturated carbocycles.